The van der Waals surface area contributed by atoms with Crippen molar-refractivity contribution in [3.8, 4) is 0 Å². The number of nitrogens with zero attached hydrogens (tertiary/aromatic N) is 2. The summed E-state index contributed by atoms with van der Waals surface area (Å²) in [5, 5.41) is 9.01. The predicted molar refractivity (Wildman–Crippen MR) is 84.7 cm³/mol. The van der Waals surface area contributed by atoms with Crippen LogP contribution in [0.15, 0.2) is 24.3 Å². The van der Waals surface area contributed by atoms with Gasteiger partial charge in [-0.25, -0.2) is 4.39 Å². The van der Waals surface area contributed by atoms with E-state index in [9.17, 15) is 27.2 Å². The number of rotatable bonds is 5. The quantitative estimate of drug-likeness (QED) is 0.803. The fraction of sp³-hybridized carbons (Fsp3) is 0.529. The van der Waals surface area contributed by atoms with E-state index in [-0.39, 0.29) is 13.1 Å². The summed E-state index contributed by atoms with van der Waals surface area (Å²) in [6, 6.07) is 5.17. The zero-order valence-electron chi connectivity index (χ0n) is 14.3. The van der Waals surface area contributed by atoms with Gasteiger partial charge in [0.15, 0.2) is 0 Å². The van der Waals surface area contributed by atoms with Gasteiger partial charge in [0.2, 0.25) is 5.91 Å². The van der Waals surface area contributed by atoms with E-state index in [1.54, 1.807) is 6.92 Å². The van der Waals surface area contributed by atoms with Gasteiger partial charge in [-0.1, -0.05) is 12.1 Å². The highest BCUT2D eigenvalue weighted by atomic mass is 19.4. The van der Waals surface area contributed by atoms with Crippen molar-refractivity contribution in [2.75, 3.05) is 26.7 Å². The van der Waals surface area contributed by atoms with E-state index in [2.05, 4.69) is 0 Å². The molecule has 1 aromatic rings. The molecule has 1 amide bonds. The molecule has 1 aromatic carbocycles. The average Bonchev–Trinajstić information content (AvgIpc) is 2.98. The molecule has 9 heteroatoms. The number of carbonyl (C=O) groups excluding carboxylic acids is 1. The van der Waals surface area contributed by atoms with Gasteiger partial charge in [0.05, 0.1) is 24.4 Å². The summed E-state index contributed by atoms with van der Waals surface area (Å²) in [7, 11) is 1.50. The van der Waals surface area contributed by atoms with E-state index in [0.29, 0.717) is 5.56 Å². The monoisotopic (exact) mass is 376 g/mol. The van der Waals surface area contributed by atoms with Crippen molar-refractivity contribution in [3.63, 3.8) is 0 Å². The molecule has 0 saturated carbocycles. The third-order valence-corrected chi connectivity index (χ3v) is 4.82. The van der Waals surface area contributed by atoms with Crippen molar-refractivity contribution in [2.24, 2.45) is 11.8 Å². The summed E-state index contributed by atoms with van der Waals surface area (Å²) in [6.07, 6.45) is -4.63. The predicted octanol–water partition coefficient (Wildman–Crippen LogP) is 2.54. The van der Waals surface area contributed by atoms with Gasteiger partial charge < -0.3 is 10.0 Å². The zero-order chi connectivity index (χ0) is 19.6. The van der Waals surface area contributed by atoms with E-state index in [1.807, 2.05) is 0 Å². The van der Waals surface area contributed by atoms with E-state index in [0.717, 1.165) is 0 Å². The maximum atomic E-state index is 13.0. The van der Waals surface area contributed by atoms with Crippen molar-refractivity contribution in [2.45, 2.75) is 19.1 Å². The second kappa shape index (κ2) is 7.61. The number of carboxylic acid groups (broad SMARTS) is 1. The molecule has 1 unspecified atom stereocenters. The highest BCUT2D eigenvalue weighted by molar-refractivity contribution is 5.79. The lowest BCUT2D eigenvalue weighted by molar-refractivity contribution is -0.188. The van der Waals surface area contributed by atoms with Gasteiger partial charge in [-0.2, -0.15) is 13.2 Å². The molecule has 1 heterocycles. The molecule has 0 spiro atoms. The molecule has 1 aliphatic heterocycles. The van der Waals surface area contributed by atoms with Crippen LogP contribution in [-0.4, -0.2) is 59.6 Å². The Morgan fingerprint density at radius 3 is 2.31 bits per heavy atom. The number of benzene rings is 1. The van der Waals surface area contributed by atoms with Gasteiger partial charge in [-0.05, 0) is 24.6 Å². The standard InChI is InChI=1S/C17H20F4N2O3/c1-10(11-3-5-12(18)6-4-11)22(2)15(24)9-23-7-13(16(25)26)14(8-23)17(19,20)21/h3-6,10,13-14H,7-9H2,1-2H3,(H,25,26)/t10?,13-,14-/m1/s1. The van der Waals surface area contributed by atoms with Gasteiger partial charge in [0.25, 0.3) is 0 Å². The molecule has 0 aromatic heterocycles. The Morgan fingerprint density at radius 1 is 1.27 bits per heavy atom. The lowest BCUT2D eigenvalue weighted by Gasteiger charge is -2.27. The van der Waals surface area contributed by atoms with Crippen LogP contribution in [-0.2, 0) is 9.59 Å². The van der Waals surface area contributed by atoms with E-state index < -0.39 is 48.3 Å². The van der Waals surface area contributed by atoms with Crippen LogP contribution in [0.1, 0.15) is 18.5 Å². The van der Waals surface area contributed by atoms with E-state index >= 15 is 0 Å². The first kappa shape index (κ1) is 20.2. The second-order valence-electron chi connectivity index (χ2n) is 6.52. The maximum absolute atomic E-state index is 13.0. The van der Waals surface area contributed by atoms with Gasteiger partial charge in [0, 0.05) is 20.1 Å². The number of likely N-dealkylation sites (N-methyl/N-ethyl adjacent to an activating group) is 1. The Hall–Kier alpha value is -2.16. The zero-order valence-corrected chi connectivity index (χ0v) is 14.3. The summed E-state index contributed by atoms with van der Waals surface area (Å²) in [5.74, 6) is -5.94. The van der Waals surface area contributed by atoms with Crippen LogP contribution in [0, 0.1) is 17.7 Å². The summed E-state index contributed by atoms with van der Waals surface area (Å²) in [6.45, 7) is 0.557. The maximum Gasteiger partial charge on any atom is 0.393 e. The minimum atomic E-state index is -4.63. The molecular weight excluding hydrogens is 356 g/mol. The lowest BCUT2D eigenvalue weighted by Crippen LogP contribution is -2.39. The Labute approximate surface area is 148 Å². The topological polar surface area (TPSA) is 60.9 Å². The van der Waals surface area contributed by atoms with Crippen LogP contribution in [0.5, 0.6) is 0 Å². The molecule has 1 N–H and O–H groups in total. The number of amides is 1. The van der Waals surface area contributed by atoms with Crippen LogP contribution < -0.4 is 0 Å². The molecular formula is C17H20F4N2O3. The van der Waals surface area contributed by atoms with Crippen LogP contribution in [0.2, 0.25) is 0 Å². The number of hydrogen-bond donors (Lipinski definition) is 1. The van der Waals surface area contributed by atoms with Gasteiger partial charge >= 0.3 is 12.1 Å². The van der Waals surface area contributed by atoms with Crippen molar-refractivity contribution >= 4 is 11.9 Å². The van der Waals surface area contributed by atoms with Crippen LogP contribution in [0.3, 0.4) is 0 Å². The largest absolute Gasteiger partial charge is 0.481 e. The third kappa shape index (κ3) is 4.51. The Kier molecular flexibility index (Phi) is 5.90. The van der Waals surface area contributed by atoms with Crippen molar-refractivity contribution in [1.29, 1.82) is 0 Å². The third-order valence-electron chi connectivity index (χ3n) is 4.82. The molecule has 3 atom stereocenters. The fourth-order valence-electron chi connectivity index (χ4n) is 3.08. The second-order valence-corrected chi connectivity index (χ2v) is 6.52. The molecule has 5 nitrogen and oxygen atoms in total. The van der Waals surface area contributed by atoms with Crippen molar-refractivity contribution in [3.05, 3.63) is 35.6 Å². The molecule has 0 aliphatic carbocycles. The highest BCUT2D eigenvalue weighted by Crippen LogP contribution is 2.37. The molecule has 0 radical (unpaired) electrons. The number of carbonyl (C=O) groups is 2. The van der Waals surface area contributed by atoms with Crippen LogP contribution in [0.25, 0.3) is 0 Å². The van der Waals surface area contributed by atoms with Gasteiger partial charge in [-0.3, -0.25) is 14.5 Å². The first-order valence-electron chi connectivity index (χ1n) is 8.03. The summed E-state index contributed by atoms with van der Waals surface area (Å²) >= 11 is 0. The SMILES string of the molecule is CC(c1ccc(F)cc1)N(C)C(=O)CN1C[C@@H](C(F)(F)F)[C@H](C(=O)O)C1. The molecule has 0 bridgehead atoms. The number of alkyl halides is 3. The molecule has 1 aliphatic rings. The van der Waals surface area contributed by atoms with Crippen LogP contribution in [0.4, 0.5) is 17.6 Å². The molecule has 26 heavy (non-hydrogen) atoms. The number of hydrogen-bond acceptors (Lipinski definition) is 3. The number of halogens is 4. The summed E-state index contributed by atoms with van der Waals surface area (Å²) in [4.78, 5) is 26.1. The average molecular weight is 376 g/mol. The molecule has 1 saturated heterocycles. The first-order chi connectivity index (χ1) is 12.0. The van der Waals surface area contributed by atoms with Crippen molar-refractivity contribution < 1.29 is 32.3 Å². The highest BCUT2D eigenvalue weighted by Gasteiger charge is 2.52. The summed E-state index contributed by atoms with van der Waals surface area (Å²) in [5.41, 5.74) is 0.681. The number of carboxylic acids is 1. The number of aliphatic carboxylic acids is 1. The Morgan fingerprint density at radius 2 is 1.85 bits per heavy atom. The lowest BCUT2D eigenvalue weighted by atomic mass is 9.96. The summed E-state index contributed by atoms with van der Waals surface area (Å²) < 4.78 is 52.0. The minimum Gasteiger partial charge on any atom is -0.481 e. The van der Waals surface area contributed by atoms with Gasteiger partial charge in [0.1, 0.15) is 5.82 Å². The van der Waals surface area contributed by atoms with E-state index in [4.69, 9.17) is 5.11 Å². The van der Waals surface area contributed by atoms with Crippen molar-refractivity contribution in [1.82, 2.24) is 9.80 Å². The minimum absolute atomic E-state index is 0.307. The number of likely N-dealkylation sites (tertiary alicyclic amines) is 1. The molecule has 1 fully saturated rings. The Bertz CT molecular complexity index is 663. The normalized spacial score (nSPS) is 22.2. The van der Waals surface area contributed by atoms with Crippen LogP contribution >= 0.6 is 0 Å². The fourth-order valence-corrected chi connectivity index (χ4v) is 3.08. The van der Waals surface area contributed by atoms with Gasteiger partial charge in [-0.15, -0.1) is 0 Å². The Balaban J connectivity index is 2.02. The molecule has 2 rings (SSSR count). The van der Waals surface area contributed by atoms with E-state index in [1.165, 1.54) is 41.1 Å². The first-order valence-corrected chi connectivity index (χ1v) is 8.03. The molecule has 144 valence electrons. The smallest absolute Gasteiger partial charge is 0.393 e.